The predicted molar refractivity (Wildman–Crippen MR) is 37.5 cm³/mol. The summed E-state index contributed by atoms with van der Waals surface area (Å²) in [6.07, 6.45) is 0.451. The van der Waals surface area contributed by atoms with Crippen LogP contribution in [-0.2, 0) is 9.59 Å². The van der Waals surface area contributed by atoms with Gasteiger partial charge in [0.1, 0.15) is 5.78 Å². The van der Waals surface area contributed by atoms with Gasteiger partial charge in [0.25, 0.3) is 0 Å². The quantitative estimate of drug-likeness (QED) is 0.526. The molecule has 1 amide bonds. The third kappa shape index (κ3) is 2.01. The SMILES string of the molecule is NC(=O)CC(=O)C1CC(O)C1. The second kappa shape index (κ2) is 3.00. The summed E-state index contributed by atoms with van der Waals surface area (Å²) in [6, 6.07) is 0. The van der Waals surface area contributed by atoms with Crippen molar-refractivity contribution < 1.29 is 14.7 Å². The number of carbonyl (C=O) groups excluding carboxylic acids is 2. The molecule has 11 heavy (non-hydrogen) atoms. The molecule has 0 aromatic carbocycles. The Morgan fingerprint density at radius 2 is 2.00 bits per heavy atom. The summed E-state index contributed by atoms with van der Waals surface area (Å²) in [4.78, 5) is 21.2. The molecule has 0 aliphatic heterocycles. The molecule has 4 heteroatoms. The van der Waals surface area contributed by atoms with Gasteiger partial charge in [0.15, 0.2) is 0 Å². The Morgan fingerprint density at radius 1 is 1.45 bits per heavy atom. The van der Waals surface area contributed by atoms with Crippen LogP contribution in [0.5, 0.6) is 0 Å². The van der Waals surface area contributed by atoms with Crippen molar-refractivity contribution in [1.82, 2.24) is 0 Å². The molecule has 1 rings (SSSR count). The highest BCUT2D eigenvalue weighted by atomic mass is 16.3. The fourth-order valence-electron chi connectivity index (χ4n) is 1.17. The Hall–Kier alpha value is -0.900. The number of aliphatic hydroxyl groups is 1. The standard InChI is InChI=1S/C7H11NO3/c8-7(11)3-6(10)4-1-5(9)2-4/h4-5,9H,1-3H2,(H2,8,11). The molecule has 62 valence electrons. The lowest BCUT2D eigenvalue weighted by molar-refractivity contribution is -0.133. The number of hydrogen-bond acceptors (Lipinski definition) is 3. The second-order valence-electron chi connectivity index (χ2n) is 2.93. The zero-order valence-electron chi connectivity index (χ0n) is 6.12. The van der Waals surface area contributed by atoms with E-state index in [0.717, 1.165) is 0 Å². The Kier molecular flexibility index (Phi) is 2.24. The second-order valence-corrected chi connectivity index (χ2v) is 2.93. The van der Waals surface area contributed by atoms with Gasteiger partial charge in [-0.1, -0.05) is 0 Å². The smallest absolute Gasteiger partial charge is 0.224 e. The van der Waals surface area contributed by atoms with E-state index in [-0.39, 0.29) is 24.2 Å². The molecule has 0 aromatic rings. The molecule has 0 unspecified atom stereocenters. The van der Waals surface area contributed by atoms with Crippen LogP contribution in [0.2, 0.25) is 0 Å². The van der Waals surface area contributed by atoms with Gasteiger partial charge in [-0.05, 0) is 12.8 Å². The molecule has 3 N–H and O–H groups in total. The number of rotatable bonds is 3. The first kappa shape index (κ1) is 8.20. The van der Waals surface area contributed by atoms with Crippen LogP contribution in [0.4, 0.5) is 0 Å². The van der Waals surface area contributed by atoms with Crippen LogP contribution < -0.4 is 5.73 Å². The maximum atomic E-state index is 11.0. The van der Waals surface area contributed by atoms with Crippen molar-refractivity contribution in [3.63, 3.8) is 0 Å². The normalized spacial score (nSPS) is 29.2. The van der Waals surface area contributed by atoms with Gasteiger partial charge in [-0.15, -0.1) is 0 Å². The topological polar surface area (TPSA) is 80.4 Å². The first-order valence-corrected chi connectivity index (χ1v) is 3.58. The molecule has 0 heterocycles. The van der Waals surface area contributed by atoms with E-state index in [2.05, 4.69) is 0 Å². The van der Waals surface area contributed by atoms with E-state index in [4.69, 9.17) is 10.8 Å². The highest BCUT2D eigenvalue weighted by Crippen LogP contribution is 2.28. The number of amides is 1. The Morgan fingerprint density at radius 3 is 2.36 bits per heavy atom. The first-order valence-electron chi connectivity index (χ1n) is 3.58. The maximum absolute atomic E-state index is 11.0. The lowest BCUT2D eigenvalue weighted by Crippen LogP contribution is -2.35. The van der Waals surface area contributed by atoms with Crippen LogP contribution in [0.3, 0.4) is 0 Å². The molecule has 1 fully saturated rings. The van der Waals surface area contributed by atoms with Gasteiger partial charge in [-0.2, -0.15) is 0 Å². The van der Waals surface area contributed by atoms with E-state index >= 15 is 0 Å². The summed E-state index contributed by atoms with van der Waals surface area (Å²) in [5.41, 5.74) is 4.82. The van der Waals surface area contributed by atoms with Crippen LogP contribution in [-0.4, -0.2) is 22.9 Å². The fourth-order valence-corrected chi connectivity index (χ4v) is 1.17. The summed E-state index contributed by atoms with van der Waals surface area (Å²) >= 11 is 0. The van der Waals surface area contributed by atoms with Gasteiger partial charge in [0.05, 0.1) is 12.5 Å². The van der Waals surface area contributed by atoms with Crippen molar-refractivity contribution in [2.45, 2.75) is 25.4 Å². The zero-order chi connectivity index (χ0) is 8.43. The average Bonchev–Trinajstić information content (AvgIpc) is 1.79. The highest BCUT2D eigenvalue weighted by molar-refractivity contribution is 5.98. The van der Waals surface area contributed by atoms with Crippen LogP contribution >= 0.6 is 0 Å². The van der Waals surface area contributed by atoms with Crippen molar-refractivity contribution in [3.8, 4) is 0 Å². The molecule has 1 aliphatic carbocycles. The number of aliphatic hydroxyl groups excluding tert-OH is 1. The van der Waals surface area contributed by atoms with Gasteiger partial charge >= 0.3 is 0 Å². The molecule has 1 aliphatic rings. The number of nitrogens with two attached hydrogens (primary N) is 1. The molecule has 0 aromatic heterocycles. The summed E-state index contributed by atoms with van der Waals surface area (Å²) in [5.74, 6) is -0.850. The molecular weight excluding hydrogens is 146 g/mol. The Labute approximate surface area is 64.4 Å². The molecule has 0 atom stereocenters. The minimum absolute atomic E-state index is 0.127. The molecule has 0 spiro atoms. The predicted octanol–water partition coefficient (Wildman–Crippen LogP) is -0.798. The molecule has 4 nitrogen and oxygen atoms in total. The van der Waals surface area contributed by atoms with Crippen LogP contribution in [0.25, 0.3) is 0 Å². The number of ketones is 1. The first-order chi connectivity index (χ1) is 5.09. The number of Topliss-reactive ketones (excluding diaryl/α,β-unsaturated/α-hetero) is 1. The maximum Gasteiger partial charge on any atom is 0.224 e. The van der Waals surface area contributed by atoms with Crippen LogP contribution in [0.1, 0.15) is 19.3 Å². The summed E-state index contributed by atoms with van der Waals surface area (Å²) in [7, 11) is 0. The Bertz CT molecular complexity index is 184. The van der Waals surface area contributed by atoms with Crippen molar-refractivity contribution in [2.75, 3.05) is 0 Å². The van der Waals surface area contributed by atoms with E-state index in [1.807, 2.05) is 0 Å². The van der Waals surface area contributed by atoms with E-state index in [0.29, 0.717) is 12.8 Å². The molecule has 0 bridgehead atoms. The monoisotopic (exact) mass is 157 g/mol. The van der Waals surface area contributed by atoms with Crippen molar-refractivity contribution in [3.05, 3.63) is 0 Å². The van der Waals surface area contributed by atoms with Gasteiger partial charge in [-0.25, -0.2) is 0 Å². The van der Waals surface area contributed by atoms with Crippen molar-refractivity contribution >= 4 is 11.7 Å². The van der Waals surface area contributed by atoms with E-state index < -0.39 is 5.91 Å². The van der Waals surface area contributed by atoms with E-state index in [9.17, 15) is 9.59 Å². The van der Waals surface area contributed by atoms with Gasteiger partial charge in [-0.3, -0.25) is 9.59 Å². The van der Waals surface area contributed by atoms with Crippen molar-refractivity contribution in [2.24, 2.45) is 11.7 Å². The molecule has 0 saturated heterocycles. The van der Waals surface area contributed by atoms with Crippen LogP contribution in [0, 0.1) is 5.92 Å². The lowest BCUT2D eigenvalue weighted by atomic mass is 9.78. The lowest BCUT2D eigenvalue weighted by Gasteiger charge is -2.29. The molecule has 1 saturated carbocycles. The third-order valence-corrected chi connectivity index (χ3v) is 1.92. The minimum Gasteiger partial charge on any atom is -0.393 e. The minimum atomic E-state index is -0.587. The largest absolute Gasteiger partial charge is 0.393 e. The number of primary amides is 1. The van der Waals surface area contributed by atoms with Gasteiger partial charge < -0.3 is 10.8 Å². The van der Waals surface area contributed by atoms with Gasteiger partial charge in [0, 0.05) is 5.92 Å². The van der Waals surface area contributed by atoms with Crippen molar-refractivity contribution in [1.29, 1.82) is 0 Å². The van der Waals surface area contributed by atoms with E-state index in [1.54, 1.807) is 0 Å². The van der Waals surface area contributed by atoms with E-state index in [1.165, 1.54) is 0 Å². The number of hydrogen-bond donors (Lipinski definition) is 2. The molecule has 0 radical (unpaired) electrons. The Balaban J connectivity index is 2.27. The third-order valence-electron chi connectivity index (χ3n) is 1.92. The highest BCUT2D eigenvalue weighted by Gasteiger charge is 2.33. The summed E-state index contributed by atoms with van der Waals surface area (Å²) in [5, 5.41) is 8.83. The van der Waals surface area contributed by atoms with Gasteiger partial charge in [0.2, 0.25) is 5.91 Å². The number of carbonyl (C=O) groups is 2. The van der Waals surface area contributed by atoms with Crippen LogP contribution in [0.15, 0.2) is 0 Å². The fraction of sp³-hybridized carbons (Fsp3) is 0.714. The average molecular weight is 157 g/mol. The summed E-state index contributed by atoms with van der Waals surface area (Å²) in [6.45, 7) is 0. The zero-order valence-corrected chi connectivity index (χ0v) is 6.12. The summed E-state index contributed by atoms with van der Waals surface area (Å²) < 4.78 is 0. The molecular formula is C7H11NO3.